The number of rotatable bonds is 1. The molecule has 2 heterocycles. The van der Waals surface area contributed by atoms with E-state index in [9.17, 15) is 4.79 Å². The summed E-state index contributed by atoms with van der Waals surface area (Å²) in [5, 5.41) is 2.96. The van der Waals surface area contributed by atoms with Crippen molar-refractivity contribution in [2.45, 2.75) is 39.5 Å². The number of fused-ring (bicyclic) bond motifs is 2. The molecule has 2 aromatic rings. The van der Waals surface area contributed by atoms with Crippen molar-refractivity contribution in [2.75, 3.05) is 5.32 Å². The Hall–Kier alpha value is -2.29. The summed E-state index contributed by atoms with van der Waals surface area (Å²) >= 11 is 0. The first-order valence-electron chi connectivity index (χ1n) is 7.88. The molecule has 3 heteroatoms. The van der Waals surface area contributed by atoms with Crippen LogP contribution in [-0.2, 0) is 17.6 Å². The Labute approximate surface area is 130 Å². The van der Waals surface area contributed by atoms with Gasteiger partial charge in [-0.1, -0.05) is 6.07 Å². The van der Waals surface area contributed by atoms with Gasteiger partial charge in [-0.2, -0.15) is 0 Å². The van der Waals surface area contributed by atoms with Crippen LogP contribution in [0.25, 0.3) is 11.6 Å². The Morgan fingerprint density at radius 2 is 1.95 bits per heavy atom. The number of nitrogens with one attached hydrogen (secondary N) is 1. The van der Waals surface area contributed by atoms with Crippen LogP contribution < -0.4 is 5.32 Å². The minimum absolute atomic E-state index is 0.0435. The number of benzene rings is 1. The molecule has 1 aliphatic heterocycles. The van der Waals surface area contributed by atoms with Crippen molar-refractivity contribution in [2.24, 2.45) is 0 Å². The first kappa shape index (κ1) is 13.4. The molecule has 1 aliphatic carbocycles. The molecule has 0 saturated heterocycles. The normalized spacial score (nSPS) is 18.3. The number of hydrogen-bond acceptors (Lipinski definition) is 2. The lowest BCUT2D eigenvalue weighted by Crippen LogP contribution is -2.03. The van der Waals surface area contributed by atoms with Gasteiger partial charge in [-0.3, -0.25) is 4.79 Å². The van der Waals surface area contributed by atoms with Crippen molar-refractivity contribution in [1.82, 2.24) is 0 Å². The van der Waals surface area contributed by atoms with Crippen LogP contribution in [-0.4, -0.2) is 5.91 Å². The molecule has 2 aliphatic rings. The second-order valence-electron chi connectivity index (χ2n) is 6.32. The standard InChI is InChI=1S/C19H19NO2/c1-11-7-12(2)18-15(19(21)20-16(18)8-11)10-14-9-13-5-3-4-6-17(13)22-14/h7-10H,3-6H2,1-2H3,(H,20,21). The van der Waals surface area contributed by atoms with Crippen molar-refractivity contribution >= 4 is 23.2 Å². The Balaban J connectivity index is 1.80. The molecular weight excluding hydrogens is 274 g/mol. The third-order valence-electron chi connectivity index (χ3n) is 4.54. The average molecular weight is 293 g/mol. The molecule has 112 valence electrons. The summed E-state index contributed by atoms with van der Waals surface area (Å²) in [5.41, 5.74) is 6.20. The van der Waals surface area contributed by atoms with Crippen LogP contribution in [0.3, 0.4) is 0 Å². The van der Waals surface area contributed by atoms with Crippen LogP contribution in [0.15, 0.2) is 22.6 Å². The second-order valence-corrected chi connectivity index (χ2v) is 6.32. The van der Waals surface area contributed by atoms with Gasteiger partial charge in [0.05, 0.1) is 5.57 Å². The van der Waals surface area contributed by atoms with Gasteiger partial charge in [0.2, 0.25) is 0 Å². The predicted octanol–water partition coefficient (Wildman–Crippen LogP) is 4.27. The number of aryl methyl sites for hydroxylation is 4. The van der Waals surface area contributed by atoms with Crippen LogP contribution in [0.4, 0.5) is 5.69 Å². The molecule has 0 radical (unpaired) electrons. The van der Waals surface area contributed by atoms with E-state index in [1.807, 2.05) is 26.0 Å². The molecule has 0 bridgehead atoms. The van der Waals surface area contributed by atoms with Crippen molar-refractivity contribution in [1.29, 1.82) is 0 Å². The number of amides is 1. The fourth-order valence-electron chi connectivity index (χ4n) is 3.59. The van der Waals surface area contributed by atoms with E-state index in [1.54, 1.807) is 0 Å². The van der Waals surface area contributed by atoms with Crippen molar-refractivity contribution in [3.63, 3.8) is 0 Å². The van der Waals surface area contributed by atoms with Crippen LogP contribution >= 0.6 is 0 Å². The summed E-state index contributed by atoms with van der Waals surface area (Å²) in [6, 6.07) is 6.23. The third-order valence-corrected chi connectivity index (χ3v) is 4.54. The Morgan fingerprint density at radius 1 is 1.14 bits per heavy atom. The molecule has 4 rings (SSSR count). The quantitative estimate of drug-likeness (QED) is 0.798. The van der Waals surface area contributed by atoms with Crippen LogP contribution in [0.1, 0.15) is 46.6 Å². The number of anilines is 1. The number of hydrogen-bond donors (Lipinski definition) is 1. The summed E-state index contributed by atoms with van der Waals surface area (Å²) in [4.78, 5) is 12.3. The van der Waals surface area contributed by atoms with Gasteiger partial charge in [0.15, 0.2) is 0 Å². The van der Waals surface area contributed by atoms with Gasteiger partial charge in [0.25, 0.3) is 5.91 Å². The number of carbonyl (C=O) groups is 1. The molecule has 0 spiro atoms. The van der Waals surface area contributed by atoms with Gasteiger partial charge in [-0.15, -0.1) is 0 Å². The lowest BCUT2D eigenvalue weighted by atomic mass is 9.97. The van der Waals surface area contributed by atoms with Gasteiger partial charge in [0, 0.05) is 17.7 Å². The topological polar surface area (TPSA) is 42.2 Å². The van der Waals surface area contributed by atoms with Crippen molar-refractivity contribution < 1.29 is 9.21 Å². The Morgan fingerprint density at radius 3 is 2.77 bits per heavy atom. The fraction of sp³-hybridized carbons (Fsp3) is 0.316. The number of carbonyl (C=O) groups excluding carboxylic acids is 1. The van der Waals surface area contributed by atoms with Crippen molar-refractivity contribution in [3.8, 4) is 0 Å². The van der Waals surface area contributed by atoms with Crippen LogP contribution in [0, 0.1) is 13.8 Å². The zero-order valence-corrected chi connectivity index (χ0v) is 13.0. The maximum atomic E-state index is 12.3. The SMILES string of the molecule is Cc1cc(C)c2c(c1)NC(=O)C2=Cc1cc2c(o1)CCCC2. The fourth-order valence-corrected chi connectivity index (χ4v) is 3.59. The molecule has 3 nitrogen and oxygen atoms in total. The van der Waals surface area contributed by atoms with E-state index in [0.29, 0.717) is 5.57 Å². The monoisotopic (exact) mass is 293 g/mol. The predicted molar refractivity (Wildman–Crippen MR) is 87.8 cm³/mol. The van der Waals surface area contributed by atoms with Gasteiger partial charge in [-0.05, 0) is 68.0 Å². The first-order chi connectivity index (χ1) is 10.6. The minimum Gasteiger partial charge on any atom is -0.461 e. The molecule has 1 amide bonds. The van der Waals surface area contributed by atoms with Gasteiger partial charge in [0.1, 0.15) is 11.5 Å². The molecular formula is C19H19NO2. The molecule has 1 aromatic carbocycles. The lowest BCUT2D eigenvalue weighted by Gasteiger charge is -2.07. The van der Waals surface area contributed by atoms with Crippen molar-refractivity contribution in [3.05, 3.63) is 52.0 Å². The van der Waals surface area contributed by atoms with E-state index in [1.165, 1.54) is 18.4 Å². The highest BCUT2D eigenvalue weighted by molar-refractivity contribution is 6.35. The molecule has 22 heavy (non-hydrogen) atoms. The Bertz CT molecular complexity index is 788. The largest absolute Gasteiger partial charge is 0.461 e. The highest BCUT2D eigenvalue weighted by atomic mass is 16.3. The smallest absolute Gasteiger partial charge is 0.256 e. The molecule has 1 N–H and O–H groups in total. The van der Waals surface area contributed by atoms with E-state index in [0.717, 1.165) is 46.7 Å². The molecule has 0 unspecified atom stereocenters. The summed E-state index contributed by atoms with van der Waals surface area (Å²) in [5.74, 6) is 1.85. The highest BCUT2D eigenvalue weighted by Gasteiger charge is 2.27. The zero-order chi connectivity index (χ0) is 15.3. The Kier molecular flexibility index (Phi) is 2.96. The summed E-state index contributed by atoms with van der Waals surface area (Å²) in [6.07, 6.45) is 6.41. The maximum absolute atomic E-state index is 12.3. The van der Waals surface area contributed by atoms with Gasteiger partial charge in [-0.25, -0.2) is 0 Å². The van der Waals surface area contributed by atoms with Gasteiger partial charge < -0.3 is 9.73 Å². The molecule has 0 saturated carbocycles. The average Bonchev–Trinajstić information content (AvgIpc) is 3.00. The number of furan rings is 1. The minimum atomic E-state index is -0.0435. The summed E-state index contributed by atoms with van der Waals surface area (Å²) in [6.45, 7) is 4.09. The maximum Gasteiger partial charge on any atom is 0.256 e. The van der Waals surface area contributed by atoms with E-state index in [2.05, 4.69) is 17.4 Å². The first-order valence-corrected chi connectivity index (χ1v) is 7.88. The summed E-state index contributed by atoms with van der Waals surface area (Å²) in [7, 11) is 0. The second kappa shape index (κ2) is 4.87. The molecule has 0 fully saturated rings. The van der Waals surface area contributed by atoms with E-state index >= 15 is 0 Å². The highest BCUT2D eigenvalue weighted by Crippen LogP contribution is 2.37. The van der Waals surface area contributed by atoms with Crippen LogP contribution in [0.5, 0.6) is 0 Å². The third kappa shape index (κ3) is 2.08. The summed E-state index contributed by atoms with van der Waals surface area (Å²) < 4.78 is 5.94. The molecule has 1 aromatic heterocycles. The van der Waals surface area contributed by atoms with Crippen LogP contribution in [0.2, 0.25) is 0 Å². The van der Waals surface area contributed by atoms with E-state index in [4.69, 9.17) is 4.42 Å². The molecule has 0 atom stereocenters. The van der Waals surface area contributed by atoms with E-state index in [-0.39, 0.29) is 5.91 Å². The lowest BCUT2D eigenvalue weighted by molar-refractivity contribution is -0.110. The zero-order valence-electron chi connectivity index (χ0n) is 13.0. The van der Waals surface area contributed by atoms with Gasteiger partial charge >= 0.3 is 0 Å². The van der Waals surface area contributed by atoms with E-state index < -0.39 is 0 Å².